The quantitative estimate of drug-likeness (QED) is 0.742. The van der Waals surface area contributed by atoms with Gasteiger partial charge in [-0.1, -0.05) is 46.3 Å². The highest BCUT2D eigenvalue weighted by Gasteiger charge is 2.28. The maximum Gasteiger partial charge on any atom is 0.262 e. The van der Waals surface area contributed by atoms with E-state index in [1.165, 1.54) is 5.56 Å². The van der Waals surface area contributed by atoms with E-state index in [4.69, 9.17) is 0 Å². The second-order valence-electron chi connectivity index (χ2n) is 5.50. The first kappa shape index (κ1) is 14.2. The van der Waals surface area contributed by atoms with Crippen molar-refractivity contribution in [3.05, 3.63) is 70.3 Å². The van der Waals surface area contributed by atoms with Crippen LogP contribution in [0.5, 0.6) is 0 Å². The molecule has 1 aliphatic heterocycles. The van der Waals surface area contributed by atoms with E-state index in [2.05, 4.69) is 32.2 Å². The Kier molecular flexibility index (Phi) is 3.50. The minimum atomic E-state index is -0.0151. The van der Waals surface area contributed by atoms with Crippen LogP contribution in [-0.4, -0.2) is 22.6 Å². The van der Waals surface area contributed by atoms with E-state index in [1.807, 2.05) is 47.4 Å². The maximum atomic E-state index is 13.0. The first-order chi connectivity index (χ1) is 11.2. The van der Waals surface area contributed by atoms with Gasteiger partial charge in [-0.05, 0) is 30.2 Å². The molecule has 0 saturated heterocycles. The van der Waals surface area contributed by atoms with Gasteiger partial charge in [-0.15, -0.1) is 0 Å². The predicted octanol–water partition coefficient (Wildman–Crippen LogP) is 4.04. The van der Waals surface area contributed by atoms with Gasteiger partial charge in [0, 0.05) is 22.3 Å². The van der Waals surface area contributed by atoms with E-state index in [1.54, 1.807) is 6.20 Å². The van der Waals surface area contributed by atoms with Crippen molar-refractivity contribution in [3.63, 3.8) is 0 Å². The van der Waals surface area contributed by atoms with Crippen LogP contribution in [0.25, 0.3) is 11.3 Å². The molecule has 3 aromatic rings. The highest BCUT2D eigenvalue weighted by molar-refractivity contribution is 9.10. The van der Waals surface area contributed by atoms with Gasteiger partial charge in [0.15, 0.2) is 0 Å². The number of nitrogens with one attached hydrogen (secondary N) is 1. The number of carbonyl (C=O) groups is 1. The molecule has 0 atom stereocenters. The van der Waals surface area contributed by atoms with Crippen molar-refractivity contribution in [1.29, 1.82) is 0 Å². The SMILES string of the molecule is O=C(c1cn[nH]c1-c1ccccc1)N1CCc2cc(Br)ccc21. The fraction of sp³-hybridized carbons (Fsp3) is 0.111. The molecular weight excluding hydrogens is 354 g/mol. The topological polar surface area (TPSA) is 49.0 Å². The summed E-state index contributed by atoms with van der Waals surface area (Å²) in [5.74, 6) is -0.0151. The van der Waals surface area contributed by atoms with E-state index in [0.717, 1.165) is 27.8 Å². The molecule has 2 aromatic carbocycles. The number of H-pyrrole nitrogens is 1. The van der Waals surface area contributed by atoms with Crippen LogP contribution in [0.3, 0.4) is 0 Å². The molecule has 1 amide bonds. The average molecular weight is 368 g/mol. The lowest BCUT2D eigenvalue weighted by Gasteiger charge is -2.17. The van der Waals surface area contributed by atoms with Gasteiger partial charge in [-0.25, -0.2) is 0 Å². The highest BCUT2D eigenvalue weighted by Crippen LogP contribution is 2.33. The third-order valence-corrected chi connectivity index (χ3v) is 4.61. The number of benzene rings is 2. The molecule has 114 valence electrons. The lowest BCUT2D eigenvalue weighted by molar-refractivity contribution is 0.0990. The number of hydrogen-bond donors (Lipinski definition) is 1. The van der Waals surface area contributed by atoms with Crippen LogP contribution in [-0.2, 0) is 6.42 Å². The fourth-order valence-corrected chi connectivity index (χ4v) is 3.41. The Hall–Kier alpha value is -2.40. The van der Waals surface area contributed by atoms with Gasteiger partial charge in [0.25, 0.3) is 5.91 Å². The summed E-state index contributed by atoms with van der Waals surface area (Å²) < 4.78 is 1.04. The Morgan fingerprint density at radius 2 is 2.00 bits per heavy atom. The van der Waals surface area contributed by atoms with E-state index < -0.39 is 0 Å². The van der Waals surface area contributed by atoms with Crippen LogP contribution in [0.15, 0.2) is 59.2 Å². The molecule has 5 heteroatoms. The van der Waals surface area contributed by atoms with Gasteiger partial charge < -0.3 is 4.90 Å². The number of halogens is 1. The zero-order valence-corrected chi connectivity index (χ0v) is 13.9. The predicted molar refractivity (Wildman–Crippen MR) is 93.5 cm³/mol. The zero-order valence-electron chi connectivity index (χ0n) is 12.3. The van der Waals surface area contributed by atoms with E-state index in [0.29, 0.717) is 12.1 Å². The number of aromatic nitrogens is 2. The lowest BCUT2D eigenvalue weighted by atomic mass is 10.1. The first-order valence-corrected chi connectivity index (χ1v) is 8.22. The van der Waals surface area contributed by atoms with Crippen LogP contribution < -0.4 is 4.90 Å². The molecule has 1 aromatic heterocycles. The van der Waals surface area contributed by atoms with Crippen LogP contribution in [0.1, 0.15) is 15.9 Å². The Morgan fingerprint density at radius 1 is 1.17 bits per heavy atom. The number of fused-ring (bicyclic) bond motifs is 1. The minimum absolute atomic E-state index is 0.0151. The zero-order chi connectivity index (χ0) is 15.8. The summed E-state index contributed by atoms with van der Waals surface area (Å²) in [7, 11) is 0. The Bertz CT molecular complexity index is 873. The van der Waals surface area contributed by atoms with Crippen molar-refractivity contribution < 1.29 is 4.79 Å². The molecule has 0 bridgehead atoms. The molecule has 0 radical (unpaired) electrons. The summed E-state index contributed by atoms with van der Waals surface area (Å²) in [6.45, 7) is 0.698. The van der Waals surface area contributed by atoms with Crippen molar-refractivity contribution in [2.45, 2.75) is 6.42 Å². The molecule has 0 aliphatic carbocycles. The van der Waals surface area contributed by atoms with Crippen LogP contribution in [0.2, 0.25) is 0 Å². The number of nitrogens with zero attached hydrogens (tertiary/aromatic N) is 2. The molecule has 0 saturated carbocycles. The molecular formula is C18H14BrN3O. The summed E-state index contributed by atoms with van der Waals surface area (Å²) in [4.78, 5) is 14.8. The fourth-order valence-electron chi connectivity index (χ4n) is 3.00. The molecule has 0 fully saturated rings. The lowest BCUT2D eigenvalue weighted by Crippen LogP contribution is -2.29. The average Bonchev–Trinajstić information content (AvgIpc) is 3.21. The van der Waals surface area contributed by atoms with Crippen LogP contribution in [0.4, 0.5) is 5.69 Å². The van der Waals surface area contributed by atoms with Gasteiger partial charge in [-0.2, -0.15) is 5.10 Å². The Labute approximate surface area is 142 Å². The second-order valence-corrected chi connectivity index (χ2v) is 6.42. The van der Waals surface area contributed by atoms with Gasteiger partial charge in [0.05, 0.1) is 17.5 Å². The van der Waals surface area contributed by atoms with Gasteiger partial charge in [-0.3, -0.25) is 9.89 Å². The highest BCUT2D eigenvalue weighted by atomic mass is 79.9. The first-order valence-electron chi connectivity index (χ1n) is 7.43. The van der Waals surface area contributed by atoms with Crippen molar-refractivity contribution in [3.8, 4) is 11.3 Å². The van der Waals surface area contributed by atoms with E-state index >= 15 is 0 Å². The molecule has 0 spiro atoms. The molecule has 4 nitrogen and oxygen atoms in total. The van der Waals surface area contributed by atoms with E-state index in [9.17, 15) is 4.79 Å². The van der Waals surface area contributed by atoms with Crippen molar-refractivity contribution >= 4 is 27.5 Å². The summed E-state index contributed by atoms with van der Waals surface area (Å²) in [5.41, 5.74) is 4.51. The monoisotopic (exact) mass is 367 g/mol. The molecule has 0 unspecified atom stereocenters. The van der Waals surface area contributed by atoms with Crippen LogP contribution >= 0.6 is 15.9 Å². The molecule has 2 heterocycles. The molecule has 23 heavy (non-hydrogen) atoms. The minimum Gasteiger partial charge on any atom is -0.308 e. The smallest absolute Gasteiger partial charge is 0.262 e. The number of hydrogen-bond acceptors (Lipinski definition) is 2. The number of carbonyl (C=O) groups excluding carboxylic acids is 1. The normalized spacial score (nSPS) is 13.2. The second kappa shape index (κ2) is 5.66. The summed E-state index contributed by atoms with van der Waals surface area (Å²) >= 11 is 3.48. The number of aromatic amines is 1. The standard InChI is InChI=1S/C18H14BrN3O/c19-14-6-7-16-13(10-14)8-9-22(16)18(23)15-11-20-21-17(15)12-4-2-1-3-5-12/h1-7,10-11H,8-9H2,(H,20,21). The summed E-state index contributed by atoms with van der Waals surface area (Å²) in [5, 5.41) is 7.04. The molecule has 1 N–H and O–H groups in total. The van der Waals surface area contributed by atoms with Crippen molar-refractivity contribution in [2.24, 2.45) is 0 Å². The largest absolute Gasteiger partial charge is 0.308 e. The molecule has 4 rings (SSSR count). The maximum absolute atomic E-state index is 13.0. The van der Waals surface area contributed by atoms with Gasteiger partial charge in [0.2, 0.25) is 0 Å². The van der Waals surface area contributed by atoms with Crippen LogP contribution in [0, 0.1) is 0 Å². The Balaban J connectivity index is 1.72. The number of anilines is 1. The van der Waals surface area contributed by atoms with E-state index in [-0.39, 0.29) is 5.91 Å². The van der Waals surface area contributed by atoms with Crippen molar-refractivity contribution in [2.75, 3.05) is 11.4 Å². The van der Waals surface area contributed by atoms with Crippen molar-refractivity contribution in [1.82, 2.24) is 10.2 Å². The summed E-state index contributed by atoms with van der Waals surface area (Å²) in [6, 6.07) is 15.8. The van der Waals surface area contributed by atoms with Gasteiger partial charge >= 0.3 is 0 Å². The Morgan fingerprint density at radius 3 is 2.83 bits per heavy atom. The third kappa shape index (κ3) is 2.47. The number of rotatable bonds is 2. The molecule has 1 aliphatic rings. The van der Waals surface area contributed by atoms with Gasteiger partial charge in [0.1, 0.15) is 0 Å². The third-order valence-electron chi connectivity index (χ3n) is 4.11. The number of amides is 1. The summed E-state index contributed by atoms with van der Waals surface area (Å²) in [6.07, 6.45) is 2.49.